The van der Waals surface area contributed by atoms with E-state index in [-0.39, 0.29) is 0 Å². The van der Waals surface area contributed by atoms with Crippen LogP contribution < -0.4 is 10.2 Å². The molecule has 0 fully saturated rings. The van der Waals surface area contributed by atoms with Crippen LogP contribution in [0.5, 0.6) is 0 Å². The summed E-state index contributed by atoms with van der Waals surface area (Å²) < 4.78 is 0. The minimum atomic E-state index is 0.764. The van der Waals surface area contributed by atoms with Crippen molar-refractivity contribution in [3.8, 4) is 0 Å². The van der Waals surface area contributed by atoms with Gasteiger partial charge in [0.1, 0.15) is 5.82 Å². The number of anilines is 2. The minimum absolute atomic E-state index is 0.764. The van der Waals surface area contributed by atoms with E-state index in [9.17, 15) is 0 Å². The topological polar surface area (TPSA) is 41.1 Å². The van der Waals surface area contributed by atoms with Crippen molar-refractivity contribution in [2.24, 2.45) is 0 Å². The Labute approximate surface area is 154 Å². The third-order valence-electron chi connectivity index (χ3n) is 4.81. The van der Waals surface area contributed by atoms with Gasteiger partial charge in [-0.3, -0.25) is 0 Å². The molecule has 1 aliphatic rings. The second kappa shape index (κ2) is 7.16. The Morgan fingerprint density at radius 2 is 1.81 bits per heavy atom. The molecule has 1 aromatic heterocycles. The molecule has 1 aliphatic heterocycles. The van der Waals surface area contributed by atoms with Crippen LogP contribution in [0, 0.1) is 13.8 Å². The number of benzene rings is 2. The Hall–Kier alpha value is -2.88. The number of nitrogens with one attached hydrogen (secondary N) is 1. The number of aryl methyl sites for hydroxylation is 2. The second-order valence-electron chi connectivity index (χ2n) is 6.98. The van der Waals surface area contributed by atoms with Crippen LogP contribution in [0.4, 0.5) is 11.8 Å². The molecule has 0 amide bonds. The molecular weight excluding hydrogens is 320 g/mol. The first-order valence-corrected chi connectivity index (χ1v) is 9.14. The molecule has 2 aromatic carbocycles. The number of nitrogens with zero attached hydrogens (tertiary/aromatic N) is 3. The molecule has 0 saturated carbocycles. The highest BCUT2D eigenvalue weighted by Gasteiger charge is 2.18. The third kappa shape index (κ3) is 3.69. The summed E-state index contributed by atoms with van der Waals surface area (Å²) in [6, 6.07) is 19.2. The van der Waals surface area contributed by atoms with Crippen molar-refractivity contribution in [2.75, 3.05) is 16.8 Å². The van der Waals surface area contributed by atoms with E-state index in [1.54, 1.807) is 0 Å². The SMILES string of the molecule is Cc1cccc(CNc2cc(C)nc(N3CCc4ccccc4C3)n2)c1. The summed E-state index contributed by atoms with van der Waals surface area (Å²) >= 11 is 0. The third-order valence-corrected chi connectivity index (χ3v) is 4.81. The molecule has 4 rings (SSSR count). The molecule has 0 aliphatic carbocycles. The van der Waals surface area contributed by atoms with E-state index in [4.69, 9.17) is 4.98 Å². The zero-order chi connectivity index (χ0) is 17.9. The summed E-state index contributed by atoms with van der Waals surface area (Å²) in [7, 11) is 0. The van der Waals surface area contributed by atoms with E-state index in [1.165, 1.54) is 22.3 Å². The van der Waals surface area contributed by atoms with Crippen molar-refractivity contribution in [1.29, 1.82) is 0 Å². The Morgan fingerprint density at radius 1 is 0.962 bits per heavy atom. The first-order valence-electron chi connectivity index (χ1n) is 9.14. The zero-order valence-electron chi connectivity index (χ0n) is 15.4. The minimum Gasteiger partial charge on any atom is -0.366 e. The van der Waals surface area contributed by atoms with E-state index in [1.807, 2.05) is 13.0 Å². The second-order valence-corrected chi connectivity index (χ2v) is 6.98. The fourth-order valence-corrected chi connectivity index (χ4v) is 3.47. The summed E-state index contributed by atoms with van der Waals surface area (Å²) in [5.74, 6) is 1.69. The molecule has 0 unspecified atom stereocenters. The van der Waals surface area contributed by atoms with Crippen LogP contribution in [0.25, 0.3) is 0 Å². The average molecular weight is 344 g/mol. The van der Waals surface area contributed by atoms with Gasteiger partial charge in [-0.15, -0.1) is 0 Å². The van der Waals surface area contributed by atoms with Crippen LogP contribution in [0.1, 0.15) is 27.9 Å². The van der Waals surface area contributed by atoms with Crippen molar-refractivity contribution in [1.82, 2.24) is 9.97 Å². The van der Waals surface area contributed by atoms with E-state index in [2.05, 4.69) is 70.7 Å². The van der Waals surface area contributed by atoms with Gasteiger partial charge in [0.05, 0.1) is 0 Å². The van der Waals surface area contributed by atoms with Gasteiger partial charge in [-0.25, -0.2) is 4.98 Å². The Kier molecular flexibility index (Phi) is 4.57. The number of hydrogen-bond acceptors (Lipinski definition) is 4. The number of fused-ring (bicyclic) bond motifs is 1. The zero-order valence-corrected chi connectivity index (χ0v) is 15.4. The lowest BCUT2D eigenvalue weighted by Crippen LogP contribution is -2.32. The van der Waals surface area contributed by atoms with Gasteiger partial charge in [-0.2, -0.15) is 4.98 Å². The largest absolute Gasteiger partial charge is 0.366 e. The molecule has 26 heavy (non-hydrogen) atoms. The lowest BCUT2D eigenvalue weighted by molar-refractivity contribution is 0.706. The number of aromatic nitrogens is 2. The monoisotopic (exact) mass is 344 g/mol. The fraction of sp³-hybridized carbons (Fsp3) is 0.273. The van der Waals surface area contributed by atoms with Gasteiger partial charge in [-0.05, 0) is 37.0 Å². The Morgan fingerprint density at radius 3 is 2.65 bits per heavy atom. The van der Waals surface area contributed by atoms with Crippen LogP contribution in [-0.2, 0) is 19.5 Å². The predicted molar refractivity (Wildman–Crippen MR) is 106 cm³/mol. The van der Waals surface area contributed by atoms with Crippen molar-refractivity contribution >= 4 is 11.8 Å². The van der Waals surface area contributed by atoms with Gasteiger partial charge >= 0.3 is 0 Å². The fourth-order valence-electron chi connectivity index (χ4n) is 3.47. The van der Waals surface area contributed by atoms with Gasteiger partial charge in [0.25, 0.3) is 0 Å². The number of hydrogen-bond donors (Lipinski definition) is 1. The lowest BCUT2D eigenvalue weighted by atomic mass is 10.0. The van der Waals surface area contributed by atoms with Crippen molar-refractivity contribution < 1.29 is 0 Å². The molecular formula is C22H24N4. The van der Waals surface area contributed by atoms with E-state index >= 15 is 0 Å². The van der Waals surface area contributed by atoms with Crippen LogP contribution in [-0.4, -0.2) is 16.5 Å². The van der Waals surface area contributed by atoms with E-state index < -0.39 is 0 Å². The summed E-state index contributed by atoms with van der Waals surface area (Å²) in [5.41, 5.74) is 6.33. The Balaban J connectivity index is 1.51. The lowest BCUT2D eigenvalue weighted by Gasteiger charge is -2.29. The van der Waals surface area contributed by atoms with Gasteiger partial charge in [-0.1, -0.05) is 54.1 Å². The molecule has 4 nitrogen and oxygen atoms in total. The highest BCUT2D eigenvalue weighted by atomic mass is 15.3. The van der Waals surface area contributed by atoms with Crippen LogP contribution in [0.2, 0.25) is 0 Å². The molecule has 0 radical (unpaired) electrons. The smallest absolute Gasteiger partial charge is 0.227 e. The van der Waals surface area contributed by atoms with E-state index in [0.717, 1.165) is 43.5 Å². The molecule has 0 spiro atoms. The van der Waals surface area contributed by atoms with Gasteiger partial charge in [0.15, 0.2) is 0 Å². The van der Waals surface area contributed by atoms with Crippen molar-refractivity contribution in [3.63, 3.8) is 0 Å². The van der Waals surface area contributed by atoms with E-state index in [0.29, 0.717) is 0 Å². The summed E-state index contributed by atoms with van der Waals surface area (Å²) in [6.07, 6.45) is 1.04. The van der Waals surface area contributed by atoms with Crippen LogP contribution in [0.15, 0.2) is 54.6 Å². The maximum Gasteiger partial charge on any atom is 0.227 e. The summed E-state index contributed by atoms with van der Waals surface area (Å²) in [5, 5.41) is 3.45. The van der Waals surface area contributed by atoms with Crippen molar-refractivity contribution in [3.05, 3.63) is 82.5 Å². The standard InChI is InChI=1S/C22H24N4/c1-16-6-5-7-18(12-16)14-23-21-13-17(2)24-22(25-21)26-11-10-19-8-3-4-9-20(19)15-26/h3-9,12-13H,10-11,14-15H2,1-2H3,(H,23,24,25). The Bertz CT molecular complexity index is 920. The first-order chi connectivity index (χ1) is 12.7. The highest BCUT2D eigenvalue weighted by molar-refractivity contribution is 5.46. The molecule has 4 heteroatoms. The molecule has 132 valence electrons. The summed E-state index contributed by atoms with van der Waals surface area (Å²) in [4.78, 5) is 11.7. The van der Waals surface area contributed by atoms with Gasteiger partial charge < -0.3 is 10.2 Å². The first kappa shape index (κ1) is 16.6. The van der Waals surface area contributed by atoms with Crippen LogP contribution >= 0.6 is 0 Å². The average Bonchev–Trinajstić information content (AvgIpc) is 2.66. The summed E-state index contributed by atoms with van der Waals surface area (Å²) in [6.45, 7) is 6.74. The molecule has 0 bridgehead atoms. The normalized spacial score (nSPS) is 13.4. The molecule has 3 aromatic rings. The molecule has 0 atom stereocenters. The molecule has 1 N–H and O–H groups in total. The maximum absolute atomic E-state index is 4.77. The van der Waals surface area contributed by atoms with Crippen LogP contribution in [0.3, 0.4) is 0 Å². The highest BCUT2D eigenvalue weighted by Crippen LogP contribution is 2.23. The van der Waals surface area contributed by atoms with Gasteiger partial charge in [0, 0.05) is 31.4 Å². The molecule has 2 heterocycles. The predicted octanol–water partition coefficient (Wildman–Crippen LogP) is 4.27. The molecule has 0 saturated heterocycles. The quantitative estimate of drug-likeness (QED) is 0.767. The van der Waals surface area contributed by atoms with Gasteiger partial charge in [0.2, 0.25) is 5.95 Å². The number of rotatable bonds is 4. The van der Waals surface area contributed by atoms with Crippen molar-refractivity contribution in [2.45, 2.75) is 33.4 Å². The maximum atomic E-state index is 4.77.